The maximum absolute atomic E-state index is 12.1. The molecule has 2 heterocycles. The van der Waals surface area contributed by atoms with E-state index >= 15 is 0 Å². The molecular formula is C18H13ClN2O2S2. The first kappa shape index (κ1) is 16.4. The van der Waals surface area contributed by atoms with Crippen molar-refractivity contribution in [1.29, 1.82) is 0 Å². The normalized spacial score (nSPS) is 12.2. The van der Waals surface area contributed by atoms with Gasteiger partial charge in [-0.1, -0.05) is 29.8 Å². The highest BCUT2D eigenvalue weighted by atomic mass is 35.5. The zero-order valence-corrected chi connectivity index (χ0v) is 15.4. The summed E-state index contributed by atoms with van der Waals surface area (Å²) in [7, 11) is 0. The summed E-state index contributed by atoms with van der Waals surface area (Å²) in [6.07, 6.45) is 0. The summed E-state index contributed by atoms with van der Waals surface area (Å²) in [6, 6.07) is 15.1. The van der Waals surface area contributed by atoms with Gasteiger partial charge in [0.05, 0.1) is 5.69 Å². The average Bonchev–Trinajstić information content (AvgIpc) is 3.04. The molecule has 1 aliphatic heterocycles. The van der Waals surface area contributed by atoms with Gasteiger partial charge in [-0.2, -0.15) is 0 Å². The third kappa shape index (κ3) is 3.66. The molecule has 2 aromatic carbocycles. The topological polar surface area (TPSA) is 51.2 Å². The van der Waals surface area contributed by atoms with Gasteiger partial charge in [0.1, 0.15) is 5.75 Å². The minimum atomic E-state index is -0.234. The van der Waals surface area contributed by atoms with Crippen LogP contribution in [0.2, 0.25) is 5.02 Å². The molecule has 1 aliphatic rings. The number of hydrogen-bond donors (Lipinski definition) is 1. The Morgan fingerprint density at radius 1 is 1.20 bits per heavy atom. The van der Waals surface area contributed by atoms with E-state index in [1.165, 1.54) is 21.1 Å². The van der Waals surface area contributed by atoms with Gasteiger partial charge in [0, 0.05) is 26.1 Å². The second-order valence-electron chi connectivity index (χ2n) is 5.37. The predicted molar refractivity (Wildman–Crippen MR) is 103 cm³/mol. The van der Waals surface area contributed by atoms with Crippen molar-refractivity contribution in [2.75, 3.05) is 11.9 Å². The minimum Gasteiger partial charge on any atom is -0.484 e. The van der Waals surface area contributed by atoms with Crippen LogP contribution in [-0.2, 0) is 10.5 Å². The molecule has 1 amide bonds. The molecule has 4 rings (SSSR count). The van der Waals surface area contributed by atoms with Crippen LogP contribution >= 0.6 is 34.7 Å². The van der Waals surface area contributed by atoms with Gasteiger partial charge in [0.15, 0.2) is 11.7 Å². The first-order chi connectivity index (χ1) is 12.2. The molecule has 0 fully saturated rings. The Balaban J connectivity index is 1.43. The lowest BCUT2D eigenvalue weighted by atomic mass is 10.1. The van der Waals surface area contributed by atoms with Gasteiger partial charge in [-0.25, -0.2) is 4.98 Å². The molecule has 0 saturated carbocycles. The summed E-state index contributed by atoms with van der Waals surface area (Å²) >= 11 is 9.13. The van der Waals surface area contributed by atoms with Crippen molar-refractivity contribution in [2.45, 2.75) is 10.6 Å². The van der Waals surface area contributed by atoms with Crippen LogP contribution in [0.1, 0.15) is 4.88 Å². The molecular weight excluding hydrogens is 376 g/mol. The quantitative estimate of drug-likeness (QED) is 0.676. The second kappa shape index (κ2) is 7.07. The molecule has 126 valence electrons. The number of halogens is 1. The monoisotopic (exact) mass is 388 g/mol. The van der Waals surface area contributed by atoms with E-state index in [1.54, 1.807) is 36.0 Å². The number of thiazole rings is 1. The largest absolute Gasteiger partial charge is 0.484 e. The number of fused-ring (bicyclic) bond motifs is 3. The van der Waals surface area contributed by atoms with E-state index in [0.717, 1.165) is 17.0 Å². The number of aromatic nitrogens is 1. The lowest BCUT2D eigenvalue weighted by molar-refractivity contribution is -0.118. The standard InChI is InChI=1S/C18H13ClN2O2S2/c19-11-5-7-12(8-6-11)23-9-16(22)20-18-21-17-13-3-1-2-4-14(13)24-10-15(17)25-18/h1-8H,9-10H2,(H,20,21,22). The van der Waals surface area contributed by atoms with Crippen LogP contribution in [0, 0.1) is 0 Å². The maximum atomic E-state index is 12.1. The van der Waals surface area contributed by atoms with Gasteiger partial charge in [-0.05, 0) is 30.3 Å². The van der Waals surface area contributed by atoms with Gasteiger partial charge in [-0.3, -0.25) is 10.1 Å². The molecule has 25 heavy (non-hydrogen) atoms. The lowest BCUT2D eigenvalue weighted by Gasteiger charge is -2.13. The molecule has 3 aromatic rings. The fraction of sp³-hybridized carbons (Fsp3) is 0.111. The number of ether oxygens (including phenoxy) is 1. The van der Waals surface area contributed by atoms with Gasteiger partial charge in [0.2, 0.25) is 0 Å². The fourth-order valence-corrected chi connectivity index (χ4v) is 4.72. The summed E-state index contributed by atoms with van der Waals surface area (Å²) in [4.78, 5) is 19.1. The van der Waals surface area contributed by atoms with E-state index in [9.17, 15) is 4.79 Å². The Labute approximate surface area is 158 Å². The summed E-state index contributed by atoms with van der Waals surface area (Å²) in [6.45, 7) is -0.0722. The zero-order valence-electron chi connectivity index (χ0n) is 13.0. The van der Waals surface area contributed by atoms with Crippen molar-refractivity contribution >= 4 is 45.7 Å². The van der Waals surface area contributed by atoms with E-state index in [-0.39, 0.29) is 12.5 Å². The minimum absolute atomic E-state index is 0.0722. The van der Waals surface area contributed by atoms with Gasteiger partial charge in [0.25, 0.3) is 5.91 Å². The maximum Gasteiger partial charge on any atom is 0.264 e. The molecule has 7 heteroatoms. The van der Waals surface area contributed by atoms with E-state index in [0.29, 0.717) is 15.9 Å². The summed E-state index contributed by atoms with van der Waals surface area (Å²) in [5.74, 6) is 1.24. The van der Waals surface area contributed by atoms with Crippen LogP contribution in [0.15, 0.2) is 53.4 Å². The molecule has 0 bridgehead atoms. The number of benzene rings is 2. The average molecular weight is 389 g/mol. The Morgan fingerprint density at radius 2 is 2.00 bits per heavy atom. The highest BCUT2D eigenvalue weighted by Gasteiger charge is 2.21. The first-order valence-corrected chi connectivity index (χ1v) is 9.77. The zero-order chi connectivity index (χ0) is 17.2. The van der Waals surface area contributed by atoms with Crippen molar-refractivity contribution in [3.05, 3.63) is 58.4 Å². The summed E-state index contributed by atoms with van der Waals surface area (Å²) < 4.78 is 5.46. The summed E-state index contributed by atoms with van der Waals surface area (Å²) in [5, 5.41) is 4.05. The number of rotatable bonds is 4. The molecule has 1 aromatic heterocycles. The van der Waals surface area contributed by atoms with Gasteiger partial charge < -0.3 is 4.74 Å². The molecule has 4 nitrogen and oxygen atoms in total. The molecule has 0 aliphatic carbocycles. The van der Waals surface area contributed by atoms with E-state index < -0.39 is 0 Å². The number of carbonyl (C=O) groups excluding carboxylic acids is 1. The van der Waals surface area contributed by atoms with Gasteiger partial charge in [-0.15, -0.1) is 23.1 Å². The van der Waals surface area contributed by atoms with Crippen molar-refractivity contribution in [1.82, 2.24) is 4.98 Å². The van der Waals surface area contributed by atoms with Crippen LogP contribution in [0.4, 0.5) is 5.13 Å². The van der Waals surface area contributed by atoms with E-state index in [4.69, 9.17) is 16.3 Å². The van der Waals surface area contributed by atoms with Crippen LogP contribution in [-0.4, -0.2) is 17.5 Å². The SMILES string of the molecule is O=C(COc1ccc(Cl)cc1)Nc1nc2c(s1)CSc1ccccc1-2. The third-order valence-electron chi connectivity index (χ3n) is 3.63. The van der Waals surface area contributed by atoms with Crippen molar-refractivity contribution in [3.8, 4) is 17.0 Å². The van der Waals surface area contributed by atoms with Crippen molar-refractivity contribution < 1.29 is 9.53 Å². The smallest absolute Gasteiger partial charge is 0.264 e. The molecule has 0 saturated heterocycles. The van der Waals surface area contributed by atoms with Crippen LogP contribution in [0.25, 0.3) is 11.3 Å². The molecule has 0 radical (unpaired) electrons. The Kier molecular flexibility index (Phi) is 4.65. The molecule has 1 N–H and O–H groups in total. The Hall–Kier alpha value is -2.02. The second-order valence-corrected chi connectivity index (χ2v) is 7.90. The number of amides is 1. The number of carbonyl (C=O) groups is 1. The number of anilines is 1. The van der Waals surface area contributed by atoms with Crippen molar-refractivity contribution in [3.63, 3.8) is 0 Å². The number of nitrogens with one attached hydrogen (secondary N) is 1. The van der Waals surface area contributed by atoms with Crippen LogP contribution in [0.3, 0.4) is 0 Å². The van der Waals surface area contributed by atoms with E-state index in [2.05, 4.69) is 22.4 Å². The predicted octanol–water partition coefficient (Wildman–Crippen LogP) is 5.09. The lowest BCUT2D eigenvalue weighted by Crippen LogP contribution is -2.20. The van der Waals surface area contributed by atoms with Crippen LogP contribution < -0.4 is 10.1 Å². The Bertz CT molecular complexity index is 925. The molecule has 0 unspecified atom stereocenters. The van der Waals surface area contributed by atoms with Crippen LogP contribution in [0.5, 0.6) is 5.75 Å². The highest BCUT2D eigenvalue weighted by Crippen LogP contribution is 2.44. The van der Waals surface area contributed by atoms with Crippen molar-refractivity contribution in [2.24, 2.45) is 0 Å². The first-order valence-electron chi connectivity index (χ1n) is 7.59. The van der Waals surface area contributed by atoms with E-state index in [1.807, 2.05) is 12.1 Å². The highest BCUT2D eigenvalue weighted by molar-refractivity contribution is 7.98. The molecule has 0 spiro atoms. The number of nitrogens with zero attached hydrogens (tertiary/aromatic N) is 1. The van der Waals surface area contributed by atoms with Gasteiger partial charge >= 0.3 is 0 Å². The fourth-order valence-electron chi connectivity index (χ4n) is 2.48. The number of hydrogen-bond acceptors (Lipinski definition) is 5. The number of thioether (sulfide) groups is 1. The summed E-state index contributed by atoms with van der Waals surface area (Å²) in [5.41, 5.74) is 2.09. The third-order valence-corrected chi connectivity index (χ3v) is 6.13. The Morgan fingerprint density at radius 3 is 2.84 bits per heavy atom. The molecule has 0 atom stereocenters.